The van der Waals surface area contributed by atoms with Gasteiger partial charge < -0.3 is 26.5 Å². The Morgan fingerprint density at radius 3 is 2.59 bits per heavy atom. The first-order valence-electron chi connectivity index (χ1n) is 10.9. The number of primary amides is 1. The molecule has 2 fully saturated rings. The summed E-state index contributed by atoms with van der Waals surface area (Å²) in [5.74, 6) is -1.44. The molecule has 0 radical (unpaired) electrons. The lowest BCUT2D eigenvalue weighted by atomic mass is 9.88. The molecule has 6 N–H and O–H groups in total. The number of pyridine rings is 1. The van der Waals surface area contributed by atoms with Crippen LogP contribution in [0.25, 0.3) is 11.2 Å². The van der Waals surface area contributed by atoms with Crippen LogP contribution in [0.4, 0.5) is 18.9 Å². The number of carbonyl (C=O) groups excluding carboxylic acids is 1. The number of nitrogens with one attached hydrogen (secondary N) is 3. The number of allylic oxidation sites excluding steroid dienone is 1. The largest absolute Gasteiger partial charge is 0.490 e. The van der Waals surface area contributed by atoms with Gasteiger partial charge in [-0.15, -0.1) is 0 Å². The van der Waals surface area contributed by atoms with Crippen LogP contribution in [0.3, 0.4) is 0 Å². The molecule has 2 aromatic heterocycles. The number of rotatable bonds is 4. The zero-order chi connectivity index (χ0) is 24.6. The third-order valence-corrected chi connectivity index (χ3v) is 6.80. The molecule has 0 spiro atoms. The molecule has 3 aliphatic rings. The van der Waals surface area contributed by atoms with Gasteiger partial charge in [-0.05, 0) is 37.6 Å². The van der Waals surface area contributed by atoms with Gasteiger partial charge in [0.2, 0.25) is 5.91 Å². The van der Waals surface area contributed by atoms with Crippen molar-refractivity contribution in [1.82, 2.24) is 20.3 Å². The molecular weight excluding hydrogens is 477 g/mol. The Morgan fingerprint density at radius 2 is 1.97 bits per heavy atom. The fraction of sp³-hybridized carbons (Fsp3) is 0.524. The second-order valence-corrected chi connectivity index (χ2v) is 9.10. The van der Waals surface area contributed by atoms with Gasteiger partial charge in [-0.2, -0.15) is 13.2 Å². The van der Waals surface area contributed by atoms with E-state index < -0.39 is 12.1 Å². The standard InChI is InChI=1S/C19H23ClN6O.C2HF3O2/c20-12-8-23-19-16(25-18(26-19)11-2-1-5-22-7-11)15(12)24-14-10-4-3-9(6-10)13(14)17(21)27;3-2(4,5)1(6)7/h3-4,8-11,13-14,22H,1-2,5-7H2,(H2,21,27)(H2,23,24,25,26);(H,6,7)/t9-,10+,11?,13+,14-;/m1./s1. The Morgan fingerprint density at radius 1 is 1.26 bits per heavy atom. The quantitative estimate of drug-likeness (QED) is 0.406. The number of amides is 1. The summed E-state index contributed by atoms with van der Waals surface area (Å²) in [4.78, 5) is 33.5. The molecule has 1 unspecified atom stereocenters. The van der Waals surface area contributed by atoms with E-state index in [-0.39, 0.29) is 29.7 Å². The molecule has 13 heteroatoms. The summed E-state index contributed by atoms with van der Waals surface area (Å²) in [7, 11) is 0. The van der Waals surface area contributed by atoms with E-state index in [1.165, 1.54) is 0 Å². The number of aromatic nitrogens is 3. The predicted molar refractivity (Wildman–Crippen MR) is 118 cm³/mol. The first kappa shape index (κ1) is 24.3. The zero-order valence-corrected chi connectivity index (χ0v) is 18.7. The Balaban J connectivity index is 0.000000344. The fourth-order valence-electron chi connectivity index (χ4n) is 4.94. The third-order valence-electron chi connectivity index (χ3n) is 6.52. The average Bonchev–Trinajstić information content (AvgIpc) is 3.50. The van der Waals surface area contributed by atoms with Crippen LogP contribution in [0, 0.1) is 17.8 Å². The van der Waals surface area contributed by atoms with Crippen LogP contribution in [-0.4, -0.2) is 57.2 Å². The average molecular weight is 501 g/mol. The van der Waals surface area contributed by atoms with Crippen molar-refractivity contribution in [2.75, 3.05) is 18.4 Å². The van der Waals surface area contributed by atoms with E-state index >= 15 is 0 Å². The molecule has 2 bridgehead atoms. The van der Waals surface area contributed by atoms with Gasteiger partial charge in [0.15, 0.2) is 5.65 Å². The maximum absolute atomic E-state index is 12.0. The monoisotopic (exact) mass is 500 g/mol. The second kappa shape index (κ2) is 9.41. The van der Waals surface area contributed by atoms with Crippen LogP contribution in [0.5, 0.6) is 0 Å². The van der Waals surface area contributed by atoms with Crippen LogP contribution in [0.1, 0.15) is 31.0 Å². The molecule has 1 saturated carbocycles. The minimum atomic E-state index is -5.08. The molecule has 9 nitrogen and oxygen atoms in total. The van der Waals surface area contributed by atoms with Crippen LogP contribution in [-0.2, 0) is 9.59 Å². The van der Waals surface area contributed by atoms with Gasteiger partial charge >= 0.3 is 12.1 Å². The van der Waals surface area contributed by atoms with E-state index in [2.05, 4.69) is 32.8 Å². The number of nitrogens with two attached hydrogens (primary N) is 1. The van der Waals surface area contributed by atoms with Crippen LogP contribution < -0.4 is 16.4 Å². The van der Waals surface area contributed by atoms with Crippen molar-refractivity contribution < 1.29 is 27.9 Å². The minimum absolute atomic E-state index is 0.0521. The summed E-state index contributed by atoms with van der Waals surface area (Å²) >= 11 is 6.49. The van der Waals surface area contributed by atoms with Crippen LogP contribution in [0.2, 0.25) is 5.02 Å². The van der Waals surface area contributed by atoms with E-state index in [4.69, 9.17) is 32.2 Å². The van der Waals surface area contributed by atoms with Crippen molar-refractivity contribution in [1.29, 1.82) is 0 Å². The number of hydrogen-bond acceptors (Lipinski definition) is 6. The number of carboxylic acid groups (broad SMARTS) is 1. The molecule has 5 atom stereocenters. The van der Waals surface area contributed by atoms with Gasteiger partial charge in [0.05, 0.1) is 22.8 Å². The van der Waals surface area contributed by atoms with E-state index in [1.807, 2.05) is 0 Å². The molecule has 2 aliphatic carbocycles. The Kier molecular flexibility index (Phi) is 6.72. The first-order chi connectivity index (χ1) is 16.1. The zero-order valence-electron chi connectivity index (χ0n) is 17.9. The fourth-order valence-corrected chi connectivity index (χ4v) is 5.14. The number of nitrogens with zero attached hydrogens (tertiary/aromatic N) is 2. The maximum Gasteiger partial charge on any atom is 0.490 e. The molecule has 0 aromatic carbocycles. The number of aromatic amines is 1. The number of H-pyrrole nitrogens is 1. The maximum atomic E-state index is 12.0. The molecular formula is C21H24ClF3N6O3. The molecule has 34 heavy (non-hydrogen) atoms. The summed E-state index contributed by atoms with van der Waals surface area (Å²) in [6, 6.07) is -0.0521. The smallest absolute Gasteiger partial charge is 0.475 e. The number of halogens is 4. The normalized spacial score (nSPS) is 27.9. The van der Waals surface area contributed by atoms with Gasteiger partial charge in [-0.25, -0.2) is 14.8 Å². The van der Waals surface area contributed by atoms with E-state index in [9.17, 15) is 18.0 Å². The van der Waals surface area contributed by atoms with E-state index in [1.54, 1.807) is 6.20 Å². The van der Waals surface area contributed by atoms with E-state index in [0.717, 1.165) is 49.4 Å². The molecule has 1 amide bonds. The summed E-state index contributed by atoms with van der Waals surface area (Å²) in [6.07, 6.45) is 4.03. The summed E-state index contributed by atoms with van der Waals surface area (Å²) in [6.45, 7) is 1.97. The number of aliphatic carboxylic acids is 1. The van der Waals surface area contributed by atoms with Gasteiger partial charge in [-0.1, -0.05) is 23.8 Å². The number of carbonyl (C=O) groups is 2. The van der Waals surface area contributed by atoms with Gasteiger partial charge in [0.25, 0.3) is 0 Å². The van der Waals surface area contributed by atoms with Crippen molar-refractivity contribution in [3.05, 3.63) is 29.2 Å². The molecule has 3 heterocycles. The topological polar surface area (TPSA) is 146 Å². The van der Waals surface area contributed by atoms with Crippen molar-refractivity contribution in [2.24, 2.45) is 23.5 Å². The lowest BCUT2D eigenvalue weighted by Gasteiger charge is -2.28. The number of fused-ring (bicyclic) bond motifs is 3. The lowest BCUT2D eigenvalue weighted by molar-refractivity contribution is -0.192. The van der Waals surface area contributed by atoms with Crippen LogP contribution in [0.15, 0.2) is 18.3 Å². The number of anilines is 1. The highest BCUT2D eigenvalue weighted by molar-refractivity contribution is 6.34. The number of alkyl halides is 3. The number of imidazole rings is 1. The van der Waals surface area contributed by atoms with Gasteiger partial charge in [-0.3, -0.25) is 4.79 Å². The van der Waals surface area contributed by atoms with E-state index in [0.29, 0.717) is 16.6 Å². The number of piperidine rings is 1. The van der Waals surface area contributed by atoms with Crippen molar-refractivity contribution in [3.63, 3.8) is 0 Å². The molecule has 184 valence electrons. The second-order valence-electron chi connectivity index (χ2n) is 8.69. The Bertz CT molecular complexity index is 1120. The highest BCUT2D eigenvalue weighted by Crippen LogP contribution is 2.46. The van der Waals surface area contributed by atoms with Gasteiger partial charge in [0, 0.05) is 18.5 Å². The summed E-state index contributed by atoms with van der Waals surface area (Å²) in [5, 5.41) is 14.6. The third kappa shape index (κ3) is 4.83. The SMILES string of the molecule is NC(=O)[C@@H]1[C@H](Nc2c(Cl)cnc3nc(C4CCCNC4)[nH]c23)[C@H]2C=C[C@@H]1C2.O=C(O)C(F)(F)F. The van der Waals surface area contributed by atoms with Crippen molar-refractivity contribution in [2.45, 2.75) is 37.4 Å². The molecule has 5 rings (SSSR count). The number of hydrogen-bond donors (Lipinski definition) is 5. The highest BCUT2D eigenvalue weighted by Gasteiger charge is 2.47. The Labute approximate surface area is 197 Å². The minimum Gasteiger partial charge on any atom is -0.475 e. The number of carboxylic acids is 1. The lowest BCUT2D eigenvalue weighted by Crippen LogP contribution is -2.41. The molecule has 1 aliphatic heterocycles. The molecule has 2 aromatic rings. The predicted octanol–water partition coefficient (Wildman–Crippen LogP) is 2.80. The summed E-state index contributed by atoms with van der Waals surface area (Å²) < 4.78 is 31.7. The van der Waals surface area contributed by atoms with Crippen molar-refractivity contribution >= 4 is 40.3 Å². The first-order valence-corrected chi connectivity index (χ1v) is 11.2. The summed E-state index contributed by atoms with van der Waals surface area (Å²) in [5.41, 5.74) is 7.91. The van der Waals surface area contributed by atoms with Crippen LogP contribution >= 0.6 is 11.6 Å². The highest BCUT2D eigenvalue weighted by atomic mass is 35.5. The Hall–Kier alpha value is -2.86. The van der Waals surface area contributed by atoms with Gasteiger partial charge in [0.1, 0.15) is 11.3 Å². The molecule has 1 saturated heterocycles. The van der Waals surface area contributed by atoms with Crippen molar-refractivity contribution in [3.8, 4) is 0 Å².